The zero-order chi connectivity index (χ0) is 14.7. The number of anilines is 1. The lowest BCUT2D eigenvalue weighted by Gasteiger charge is -2.27. The van der Waals surface area contributed by atoms with Crippen molar-refractivity contribution >= 4 is 17.3 Å². The zero-order valence-corrected chi connectivity index (χ0v) is 9.59. The number of carbonyl (C=O) groups is 1. The highest BCUT2D eigenvalue weighted by atomic mass is 19.3. The second-order valence-corrected chi connectivity index (χ2v) is 3.59. The van der Waals surface area contributed by atoms with Crippen molar-refractivity contribution in [1.29, 1.82) is 0 Å². The molecule has 0 aromatic heterocycles. The molecule has 0 heterocycles. The Kier molecular flexibility index (Phi) is 4.30. The Hall–Kier alpha value is -2.32. The molecule has 9 heteroatoms. The van der Waals surface area contributed by atoms with Gasteiger partial charge in [0.25, 0.3) is 5.69 Å². The minimum atomic E-state index is -3.28. The Bertz CT molecular complexity index is 510. The van der Waals surface area contributed by atoms with E-state index in [0.717, 1.165) is 19.1 Å². The van der Waals surface area contributed by atoms with Crippen molar-refractivity contribution in [3.63, 3.8) is 0 Å². The van der Waals surface area contributed by atoms with Crippen molar-refractivity contribution in [3.05, 3.63) is 34.1 Å². The van der Waals surface area contributed by atoms with Crippen LogP contribution in [0.2, 0.25) is 0 Å². The monoisotopic (exact) mass is 278 g/mol. The van der Waals surface area contributed by atoms with Gasteiger partial charge in [-0.3, -0.25) is 15.0 Å². The van der Waals surface area contributed by atoms with Gasteiger partial charge in [0.1, 0.15) is 17.5 Å². The van der Waals surface area contributed by atoms with E-state index in [1.165, 1.54) is 0 Å². The van der Waals surface area contributed by atoms with Crippen LogP contribution >= 0.6 is 0 Å². The predicted molar refractivity (Wildman–Crippen MR) is 58.6 cm³/mol. The molecule has 0 amide bonds. The van der Waals surface area contributed by atoms with Crippen LogP contribution in [0.5, 0.6) is 0 Å². The highest BCUT2D eigenvalue weighted by Gasteiger charge is 2.33. The smallest absolute Gasteiger partial charge is 0.326 e. The zero-order valence-electron chi connectivity index (χ0n) is 9.59. The predicted octanol–water partition coefficient (Wildman–Crippen LogP) is 2.24. The van der Waals surface area contributed by atoms with E-state index in [9.17, 15) is 28.1 Å². The van der Waals surface area contributed by atoms with E-state index < -0.39 is 40.7 Å². The van der Waals surface area contributed by atoms with Crippen LogP contribution in [0.15, 0.2) is 18.2 Å². The first-order valence-electron chi connectivity index (χ1n) is 4.99. The van der Waals surface area contributed by atoms with Crippen LogP contribution in [0.3, 0.4) is 0 Å². The average molecular weight is 278 g/mol. The third kappa shape index (κ3) is 3.12. The van der Waals surface area contributed by atoms with Crippen molar-refractivity contribution in [2.75, 3.05) is 4.90 Å². The van der Waals surface area contributed by atoms with E-state index in [4.69, 9.17) is 5.11 Å². The summed E-state index contributed by atoms with van der Waals surface area (Å²) in [5.41, 5.74) is -1.58. The summed E-state index contributed by atoms with van der Waals surface area (Å²) in [6.45, 7) is -2.34. The first-order valence-corrected chi connectivity index (χ1v) is 4.99. The van der Waals surface area contributed by atoms with E-state index >= 15 is 0 Å². The summed E-state index contributed by atoms with van der Waals surface area (Å²) in [4.78, 5) is 20.4. The normalized spacial score (nSPS) is 12.3. The summed E-state index contributed by atoms with van der Waals surface area (Å²) in [6, 6.07) is 0.245. The lowest BCUT2D eigenvalue weighted by Crippen LogP contribution is -2.42. The van der Waals surface area contributed by atoms with Crippen LogP contribution in [0.1, 0.15) is 6.92 Å². The summed E-state index contributed by atoms with van der Waals surface area (Å²) in [5.74, 6) is -2.56. The van der Waals surface area contributed by atoms with Gasteiger partial charge in [-0.1, -0.05) is 0 Å². The number of rotatable bonds is 5. The number of halogens is 3. The molecule has 104 valence electrons. The minimum Gasteiger partial charge on any atom is -0.480 e. The van der Waals surface area contributed by atoms with E-state index in [0.29, 0.717) is 6.07 Å². The van der Waals surface area contributed by atoms with Gasteiger partial charge in [0.15, 0.2) is 0 Å². The number of carboxylic acid groups (broad SMARTS) is 1. The maximum Gasteiger partial charge on any atom is 0.326 e. The number of benzene rings is 1. The maximum atomic E-state index is 12.9. The first-order chi connectivity index (χ1) is 8.75. The molecule has 1 aromatic carbocycles. The van der Waals surface area contributed by atoms with Crippen LogP contribution < -0.4 is 4.90 Å². The van der Waals surface area contributed by atoms with Crippen LogP contribution in [0.4, 0.5) is 24.5 Å². The average Bonchev–Trinajstić information content (AvgIpc) is 2.30. The van der Waals surface area contributed by atoms with Gasteiger partial charge in [-0.15, -0.1) is 0 Å². The molecule has 0 spiro atoms. The molecule has 6 nitrogen and oxygen atoms in total. The van der Waals surface area contributed by atoms with Gasteiger partial charge in [-0.05, 0) is 19.1 Å². The molecular weight excluding hydrogens is 269 g/mol. The lowest BCUT2D eigenvalue weighted by molar-refractivity contribution is -0.384. The quantitative estimate of drug-likeness (QED) is 0.507. The SMILES string of the molecule is CC(C(=O)O)N(c1ccc(F)cc1[N+](=O)[O-])C(F)F. The number of nitrogens with zero attached hydrogens (tertiary/aromatic N) is 2. The molecule has 0 saturated heterocycles. The second kappa shape index (κ2) is 5.55. The van der Waals surface area contributed by atoms with Gasteiger partial charge in [-0.25, -0.2) is 9.18 Å². The summed E-state index contributed by atoms with van der Waals surface area (Å²) >= 11 is 0. The number of aliphatic carboxylic acids is 1. The molecular formula is C10H9F3N2O4. The first kappa shape index (κ1) is 14.7. The molecule has 0 radical (unpaired) electrons. The molecule has 1 aromatic rings. The number of nitro benzene ring substituents is 1. The Balaban J connectivity index is 3.38. The molecule has 0 bridgehead atoms. The third-order valence-corrected chi connectivity index (χ3v) is 2.40. The van der Waals surface area contributed by atoms with Crippen LogP contribution in [0, 0.1) is 15.9 Å². The van der Waals surface area contributed by atoms with Gasteiger partial charge in [0, 0.05) is 0 Å². The van der Waals surface area contributed by atoms with Gasteiger partial charge >= 0.3 is 12.5 Å². The Morgan fingerprint density at radius 3 is 2.47 bits per heavy atom. The number of nitro groups is 1. The third-order valence-electron chi connectivity index (χ3n) is 2.40. The molecule has 1 N–H and O–H groups in total. The Morgan fingerprint density at radius 2 is 2.05 bits per heavy atom. The molecule has 0 saturated carbocycles. The number of carboxylic acids is 1. The number of alkyl halides is 2. The van der Waals surface area contributed by atoms with E-state index in [1.807, 2.05) is 0 Å². The standard InChI is InChI=1S/C10H9F3N2O4/c1-5(9(16)17)14(10(12)13)7-3-2-6(11)4-8(7)15(18)19/h2-5,10H,1H3,(H,16,17). The molecule has 1 unspecified atom stereocenters. The van der Waals surface area contributed by atoms with Crippen molar-refractivity contribution < 1.29 is 28.0 Å². The Morgan fingerprint density at radius 1 is 1.47 bits per heavy atom. The van der Waals surface area contributed by atoms with Crippen molar-refractivity contribution in [2.45, 2.75) is 19.5 Å². The maximum absolute atomic E-state index is 12.9. The fourth-order valence-corrected chi connectivity index (χ4v) is 1.46. The van der Waals surface area contributed by atoms with Gasteiger partial charge < -0.3 is 5.11 Å². The number of hydrogen-bond donors (Lipinski definition) is 1. The van der Waals surface area contributed by atoms with Gasteiger partial charge in [-0.2, -0.15) is 8.78 Å². The highest BCUT2D eigenvalue weighted by molar-refractivity contribution is 5.79. The largest absolute Gasteiger partial charge is 0.480 e. The van der Waals surface area contributed by atoms with Crippen LogP contribution in [0.25, 0.3) is 0 Å². The lowest BCUT2D eigenvalue weighted by atomic mass is 10.2. The summed E-state index contributed by atoms with van der Waals surface area (Å²) < 4.78 is 38.7. The highest BCUT2D eigenvalue weighted by Crippen LogP contribution is 2.32. The molecule has 0 fully saturated rings. The van der Waals surface area contributed by atoms with Crippen molar-refractivity contribution in [1.82, 2.24) is 0 Å². The van der Waals surface area contributed by atoms with Crippen LogP contribution in [-0.4, -0.2) is 28.6 Å². The minimum absolute atomic E-state index is 0.0416. The molecule has 1 atom stereocenters. The van der Waals surface area contributed by atoms with E-state index in [2.05, 4.69) is 0 Å². The van der Waals surface area contributed by atoms with E-state index in [1.54, 1.807) is 0 Å². The van der Waals surface area contributed by atoms with Gasteiger partial charge in [0.2, 0.25) is 0 Å². The molecule has 1 rings (SSSR count). The summed E-state index contributed by atoms with van der Waals surface area (Å²) in [7, 11) is 0. The fourth-order valence-electron chi connectivity index (χ4n) is 1.46. The summed E-state index contributed by atoms with van der Waals surface area (Å²) in [5, 5.41) is 19.4. The molecule has 0 aliphatic carbocycles. The molecule has 0 aliphatic rings. The van der Waals surface area contributed by atoms with Crippen molar-refractivity contribution in [3.8, 4) is 0 Å². The van der Waals surface area contributed by atoms with Gasteiger partial charge in [0.05, 0.1) is 11.0 Å². The molecule has 19 heavy (non-hydrogen) atoms. The molecule has 0 aliphatic heterocycles. The topological polar surface area (TPSA) is 83.7 Å². The fraction of sp³-hybridized carbons (Fsp3) is 0.300. The van der Waals surface area contributed by atoms with E-state index in [-0.39, 0.29) is 4.90 Å². The Labute approximate surface area is 105 Å². The summed E-state index contributed by atoms with van der Waals surface area (Å²) in [6.07, 6.45) is 0. The number of hydrogen-bond acceptors (Lipinski definition) is 4. The van der Waals surface area contributed by atoms with Crippen LogP contribution in [-0.2, 0) is 4.79 Å². The van der Waals surface area contributed by atoms with Crippen molar-refractivity contribution in [2.24, 2.45) is 0 Å². The second-order valence-electron chi connectivity index (χ2n) is 3.59.